The Morgan fingerprint density at radius 2 is 1.67 bits per heavy atom. The number of amides is 1. The molecule has 1 aromatic rings. The quantitative estimate of drug-likeness (QED) is 0.736. The normalized spacial score (nSPS) is 9.89. The van der Waals surface area contributed by atoms with Gasteiger partial charge in [-0.25, -0.2) is 4.79 Å². The Kier molecular flexibility index (Phi) is 6.16. The lowest BCUT2D eigenvalue weighted by atomic mass is 10.2. The number of benzene rings is 1. The van der Waals surface area contributed by atoms with Gasteiger partial charge in [-0.05, 0) is 19.1 Å². The molecule has 0 heterocycles. The number of aryl methyl sites for hydroxylation is 1. The predicted molar refractivity (Wildman–Crippen MR) is 60.4 cm³/mol. The minimum atomic E-state index is -4.02. The van der Waals surface area contributed by atoms with Crippen molar-refractivity contribution in [3.63, 3.8) is 0 Å². The van der Waals surface area contributed by atoms with Gasteiger partial charge in [0.2, 0.25) is 0 Å². The van der Waals surface area contributed by atoms with Gasteiger partial charge in [0.1, 0.15) is 0 Å². The molecule has 0 aliphatic heterocycles. The van der Waals surface area contributed by atoms with Crippen molar-refractivity contribution >= 4 is 26.7 Å². The second kappa shape index (κ2) is 6.83. The van der Waals surface area contributed by atoms with Crippen molar-refractivity contribution < 1.29 is 31.3 Å². The van der Waals surface area contributed by atoms with E-state index in [0.29, 0.717) is 0 Å². The Morgan fingerprint density at radius 3 is 1.89 bits per heavy atom. The molecule has 2 N–H and O–H groups in total. The third-order valence-corrected chi connectivity index (χ3v) is 2.64. The number of carbonyl (C=O) groups is 1. The van der Waals surface area contributed by atoms with Gasteiger partial charge in [0, 0.05) is 0 Å². The molecule has 0 saturated heterocycles. The van der Waals surface area contributed by atoms with Gasteiger partial charge in [-0.3, -0.25) is 4.55 Å². The zero-order chi connectivity index (χ0) is 14.3. The monoisotopic (exact) mass is 295 g/mol. The van der Waals surface area contributed by atoms with Gasteiger partial charge < -0.3 is 5.11 Å². The van der Waals surface area contributed by atoms with E-state index in [-0.39, 0.29) is 4.90 Å². The molecule has 0 fully saturated rings. The van der Waals surface area contributed by atoms with Crippen LogP contribution in [0.1, 0.15) is 5.56 Å². The van der Waals surface area contributed by atoms with Crippen LogP contribution in [0.5, 0.6) is 0 Å². The topological polar surface area (TPSA) is 138 Å². The zero-order valence-corrected chi connectivity index (χ0v) is 10.6. The fourth-order valence-electron chi connectivity index (χ4n) is 0.774. The molecular weight excluding hydrogens is 286 g/mol. The van der Waals surface area contributed by atoms with Crippen LogP contribution >= 0.6 is 0 Å². The first-order chi connectivity index (χ1) is 8.12. The molecule has 0 atom stereocenters. The van der Waals surface area contributed by atoms with Crippen molar-refractivity contribution in [3.8, 4) is 0 Å². The summed E-state index contributed by atoms with van der Waals surface area (Å²) in [7, 11) is -6.84. The summed E-state index contributed by atoms with van der Waals surface area (Å²) in [4.78, 5) is 9.18. The highest BCUT2D eigenvalue weighted by Crippen LogP contribution is 2.08. The standard InChI is InChI=1S/C7H8O3S.CHNO4S/c1-6-2-4-7(5-3-6)11(8,9)10;3-1(4)2-7(5)6/h2-5H,1H3,(H,8,9,10);(H,3,4). The van der Waals surface area contributed by atoms with Crippen LogP contribution in [0.3, 0.4) is 0 Å². The summed E-state index contributed by atoms with van der Waals surface area (Å²) in [5, 5.41) is 7.52. The molecule has 0 saturated carbocycles. The maximum absolute atomic E-state index is 10.5. The van der Waals surface area contributed by atoms with Gasteiger partial charge in [0.15, 0.2) is 0 Å². The van der Waals surface area contributed by atoms with Crippen LogP contribution in [0.2, 0.25) is 0 Å². The van der Waals surface area contributed by atoms with E-state index >= 15 is 0 Å². The Labute approximate surface area is 104 Å². The maximum atomic E-state index is 10.5. The van der Waals surface area contributed by atoms with E-state index in [0.717, 1.165) is 5.56 Å². The summed E-state index contributed by atoms with van der Waals surface area (Å²) in [6, 6.07) is 5.99. The van der Waals surface area contributed by atoms with Crippen LogP contribution in [-0.4, -0.2) is 32.6 Å². The van der Waals surface area contributed by atoms with E-state index in [1.54, 1.807) is 12.1 Å². The van der Waals surface area contributed by atoms with Crippen molar-refractivity contribution in [3.05, 3.63) is 29.8 Å². The Balaban J connectivity index is 0.000000360. The molecule has 10 heteroatoms. The molecule has 1 rings (SSSR count). The Hall–Kier alpha value is -1.78. The van der Waals surface area contributed by atoms with Crippen molar-refractivity contribution in [1.29, 1.82) is 0 Å². The highest BCUT2D eigenvalue weighted by molar-refractivity contribution is 7.85. The minimum absolute atomic E-state index is 0.0666. The molecule has 100 valence electrons. The largest absolute Gasteiger partial charge is 0.463 e. The second-order valence-corrected chi connectivity index (χ2v) is 4.92. The van der Waals surface area contributed by atoms with E-state index in [4.69, 9.17) is 9.66 Å². The molecule has 8 nitrogen and oxygen atoms in total. The minimum Gasteiger partial charge on any atom is -0.463 e. The summed E-state index contributed by atoms with van der Waals surface area (Å²) in [5.41, 5.74) is 0.956. The molecule has 0 unspecified atom stereocenters. The van der Waals surface area contributed by atoms with Gasteiger partial charge in [-0.2, -0.15) is 16.8 Å². The predicted octanol–water partition coefficient (Wildman–Crippen LogP) is 0.969. The van der Waals surface area contributed by atoms with Crippen LogP contribution < -0.4 is 0 Å². The molecule has 0 radical (unpaired) electrons. The first-order valence-electron chi connectivity index (χ1n) is 4.21. The average molecular weight is 295 g/mol. The molecule has 18 heavy (non-hydrogen) atoms. The van der Waals surface area contributed by atoms with Gasteiger partial charge in [0.25, 0.3) is 10.1 Å². The van der Waals surface area contributed by atoms with Crippen molar-refractivity contribution in [2.24, 2.45) is 4.36 Å². The van der Waals surface area contributed by atoms with Crippen LogP contribution in [0.15, 0.2) is 33.5 Å². The summed E-state index contributed by atoms with van der Waals surface area (Å²) < 4.78 is 50.2. The van der Waals surface area contributed by atoms with Crippen LogP contribution in [0, 0.1) is 6.92 Å². The van der Waals surface area contributed by atoms with E-state index in [9.17, 15) is 21.6 Å². The second-order valence-electron chi connectivity index (χ2n) is 2.88. The Bertz CT molecular complexity index is 635. The van der Waals surface area contributed by atoms with E-state index in [1.807, 2.05) is 6.92 Å². The lowest BCUT2D eigenvalue weighted by Crippen LogP contribution is -1.96. The first-order valence-corrected chi connectivity index (χ1v) is 6.68. The average Bonchev–Trinajstić information content (AvgIpc) is 2.15. The molecule has 1 amide bonds. The number of hydrogen-bond acceptors (Lipinski definition) is 5. The lowest BCUT2D eigenvalue weighted by molar-refractivity contribution is 0.206. The summed E-state index contributed by atoms with van der Waals surface area (Å²) >= 11 is 0. The molecular formula is C8H9NO7S2. The number of rotatable bonds is 1. The summed E-state index contributed by atoms with van der Waals surface area (Å²) in [5.74, 6) is 0. The van der Waals surface area contributed by atoms with E-state index in [1.165, 1.54) is 12.1 Å². The van der Waals surface area contributed by atoms with E-state index < -0.39 is 26.7 Å². The smallest absolute Gasteiger partial charge is 0.446 e. The summed E-state index contributed by atoms with van der Waals surface area (Å²) in [6.07, 6.45) is -1.70. The molecule has 0 aliphatic rings. The van der Waals surface area contributed by atoms with Gasteiger partial charge in [-0.15, -0.1) is 0 Å². The third-order valence-electron chi connectivity index (χ3n) is 1.47. The molecule has 0 aromatic heterocycles. The third kappa shape index (κ3) is 7.49. The fraction of sp³-hybridized carbons (Fsp3) is 0.125. The molecule has 0 spiro atoms. The van der Waals surface area contributed by atoms with Gasteiger partial charge >= 0.3 is 16.6 Å². The van der Waals surface area contributed by atoms with Crippen LogP contribution in [-0.2, 0) is 20.6 Å². The van der Waals surface area contributed by atoms with Crippen molar-refractivity contribution in [2.75, 3.05) is 0 Å². The molecule has 1 aromatic carbocycles. The molecule has 0 bridgehead atoms. The first kappa shape index (κ1) is 16.2. The van der Waals surface area contributed by atoms with E-state index in [2.05, 4.69) is 4.36 Å². The van der Waals surface area contributed by atoms with Crippen LogP contribution in [0.4, 0.5) is 4.79 Å². The maximum Gasteiger partial charge on any atom is 0.446 e. The lowest BCUT2D eigenvalue weighted by Gasteiger charge is -1.95. The highest BCUT2D eigenvalue weighted by Gasteiger charge is 2.06. The van der Waals surface area contributed by atoms with Gasteiger partial charge in [-0.1, -0.05) is 22.1 Å². The van der Waals surface area contributed by atoms with Gasteiger partial charge in [0.05, 0.1) is 4.90 Å². The SMILES string of the molecule is Cc1ccc(S(=O)(=O)O)cc1.O=C(O)N=S(=O)=O. The Morgan fingerprint density at radius 1 is 1.22 bits per heavy atom. The van der Waals surface area contributed by atoms with Crippen molar-refractivity contribution in [2.45, 2.75) is 11.8 Å². The number of carboxylic acid groups (broad SMARTS) is 1. The zero-order valence-electron chi connectivity index (χ0n) is 9.01. The van der Waals surface area contributed by atoms with Crippen LogP contribution in [0.25, 0.3) is 0 Å². The fourth-order valence-corrected chi connectivity index (χ4v) is 1.38. The van der Waals surface area contributed by atoms with Crippen molar-refractivity contribution in [1.82, 2.24) is 0 Å². The number of nitrogens with zero attached hydrogens (tertiary/aromatic N) is 1. The number of hydrogen-bond donors (Lipinski definition) is 2. The molecule has 0 aliphatic carbocycles. The summed E-state index contributed by atoms with van der Waals surface area (Å²) in [6.45, 7) is 1.84. The highest BCUT2D eigenvalue weighted by atomic mass is 32.2.